The van der Waals surface area contributed by atoms with Crippen molar-refractivity contribution in [2.75, 3.05) is 19.0 Å². The highest BCUT2D eigenvalue weighted by Crippen LogP contribution is 2.25. The van der Waals surface area contributed by atoms with E-state index < -0.39 is 0 Å². The van der Waals surface area contributed by atoms with Gasteiger partial charge in [0, 0.05) is 5.39 Å². The Morgan fingerprint density at radius 2 is 1.81 bits per heavy atom. The number of para-hydroxylation sites is 2. The molecule has 0 bridgehead atoms. The number of carbonyl (C=O) groups excluding carboxylic acids is 1. The lowest BCUT2D eigenvalue weighted by Crippen LogP contribution is -2.13. The second kappa shape index (κ2) is 8.72. The Kier molecular flexibility index (Phi) is 6.12. The number of carbonyl (C=O) groups is 1. The molecule has 0 amide bonds. The fourth-order valence-electron chi connectivity index (χ4n) is 2.61. The van der Waals surface area contributed by atoms with Gasteiger partial charge in [-0.25, -0.2) is 4.98 Å². The van der Waals surface area contributed by atoms with E-state index in [0.29, 0.717) is 6.61 Å². The molecule has 4 nitrogen and oxygen atoms in total. The molecule has 5 heteroatoms. The molecule has 0 radical (unpaired) electrons. The van der Waals surface area contributed by atoms with Gasteiger partial charge in [0.2, 0.25) is 0 Å². The van der Waals surface area contributed by atoms with Crippen LogP contribution in [-0.4, -0.2) is 29.9 Å². The van der Waals surface area contributed by atoms with Gasteiger partial charge in [0.25, 0.3) is 0 Å². The summed E-state index contributed by atoms with van der Waals surface area (Å²) < 4.78 is 10.7. The monoisotopic (exact) mass is 367 g/mol. The maximum Gasteiger partial charge on any atom is 0.316 e. The highest BCUT2D eigenvalue weighted by Gasteiger charge is 2.09. The van der Waals surface area contributed by atoms with Gasteiger partial charge in [-0.15, -0.1) is 0 Å². The van der Waals surface area contributed by atoms with Crippen LogP contribution in [0.3, 0.4) is 0 Å². The van der Waals surface area contributed by atoms with Crippen molar-refractivity contribution < 1.29 is 14.3 Å². The Hall–Kier alpha value is -2.53. The SMILES string of the molecule is Cc1cc(SCC(=O)OCCOc2ccccc2)nc2c(C)cccc12. The summed E-state index contributed by atoms with van der Waals surface area (Å²) in [5, 5.41) is 1.98. The number of rotatable bonds is 7. The van der Waals surface area contributed by atoms with Crippen LogP contribution < -0.4 is 4.74 Å². The summed E-state index contributed by atoms with van der Waals surface area (Å²) in [4.78, 5) is 16.6. The lowest BCUT2D eigenvalue weighted by Gasteiger charge is -2.09. The van der Waals surface area contributed by atoms with Gasteiger partial charge in [0.05, 0.1) is 16.3 Å². The van der Waals surface area contributed by atoms with Gasteiger partial charge in [0.15, 0.2) is 0 Å². The van der Waals surface area contributed by atoms with Crippen molar-refractivity contribution in [3.63, 3.8) is 0 Å². The molecule has 0 unspecified atom stereocenters. The average Bonchev–Trinajstić information content (AvgIpc) is 2.65. The van der Waals surface area contributed by atoms with E-state index >= 15 is 0 Å². The molecular formula is C21H21NO3S. The summed E-state index contributed by atoms with van der Waals surface area (Å²) in [6.07, 6.45) is 0. The van der Waals surface area contributed by atoms with Gasteiger partial charge >= 0.3 is 5.97 Å². The first-order valence-corrected chi connectivity index (χ1v) is 9.45. The summed E-state index contributed by atoms with van der Waals surface area (Å²) in [7, 11) is 0. The minimum atomic E-state index is -0.268. The zero-order valence-corrected chi connectivity index (χ0v) is 15.7. The van der Waals surface area contributed by atoms with Crippen LogP contribution in [0.15, 0.2) is 59.6 Å². The third-order valence-corrected chi connectivity index (χ3v) is 4.81. The molecule has 0 atom stereocenters. The number of aromatic nitrogens is 1. The Bertz CT molecular complexity index is 896. The van der Waals surface area contributed by atoms with Gasteiger partial charge in [0.1, 0.15) is 19.0 Å². The van der Waals surface area contributed by atoms with E-state index in [2.05, 4.69) is 18.0 Å². The first-order valence-electron chi connectivity index (χ1n) is 8.47. The van der Waals surface area contributed by atoms with Crippen LogP contribution in [0.4, 0.5) is 0 Å². The highest BCUT2D eigenvalue weighted by atomic mass is 32.2. The Morgan fingerprint density at radius 1 is 1.00 bits per heavy atom. The van der Waals surface area contributed by atoms with Gasteiger partial charge in [-0.2, -0.15) is 0 Å². The van der Waals surface area contributed by atoms with E-state index in [1.54, 1.807) is 0 Å². The molecular weight excluding hydrogens is 346 g/mol. The lowest BCUT2D eigenvalue weighted by molar-refractivity contribution is -0.141. The van der Waals surface area contributed by atoms with Crippen molar-refractivity contribution >= 4 is 28.6 Å². The Morgan fingerprint density at radius 3 is 2.62 bits per heavy atom. The minimum absolute atomic E-state index is 0.231. The van der Waals surface area contributed by atoms with E-state index in [9.17, 15) is 4.79 Å². The number of hydrogen-bond acceptors (Lipinski definition) is 5. The molecule has 0 saturated carbocycles. The Labute approximate surface area is 157 Å². The van der Waals surface area contributed by atoms with Crippen molar-refractivity contribution in [3.8, 4) is 5.75 Å². The van der Waals surface area contributed by atoms with Gasteiger partial charge < -0.3 is 9.47 Å². The first-order chi connectivity index (χ1) is 12.6. The molecule has 0 aliphatic rings. The molecule has 1 aromatic heterocycles. The van der Waals surface area contributed by atoms with E-state index in [-0.39, 0.29) is 18.3 Å². The predicted octanol–water partition coefficient (Wildman–Crippen LogP) is 4.57. The van der Waals surface area contributed by atoms with Crippen LogP contribution in [0.2, 0.25) is 0 Å². The molecule has 0 saturated heterocycles. The van der Waals surface area contributed by atoms with Crippen molar-refractivity contribution in [2.24, 2.45) is 0 Å². The van der Waals surface area contributed by atoms with Crippen molar-refractivity contribution in [1.29, 1.82) is 0 Å². The third kappa shape index (κ3) is 4.76. The zero-order valence-electron chi connectivity index (χ0n) is 14.9. The zero-order chi connectivity index (χ0) is 18.4. The van der Waals surface area contributed by atoms with E-state index in [1.807, 2.05) is 55.5 Å². The van der Waals surface area contributed by atoms with Crippen molar-refractivity contribution in [1.82, 2.24) is 4.98 Å². The normalized spacial score (nSPS) is 10.7. The standard InChI is InChI=1S/C21H21NO3S/c1-15-7-6-10-18-16(2)13-19(22-21(15)18)26-14-20(23)25-12-11-24-17-8-4-3-5-9-17/h3-10,13H,11-12,14H2,1-2H3. The smallest absolute Gasteiger partial charge is 0.316 e. The predicted molar refractivity (Wildman–Crippen MR) is 105 cm³/mol. The van der Waals surface area contributed by atoms with Crippen molar-refractivity contribution in [2.45, 2.75) is 18.9 Å². The van der Waals surface area contributed by atoms with E-state index in [4.69, 9.17) is 9.47 Å². The molecule has 0 N–H and O–H groups in total. The summed E-state index contributed by atoms with van der Waals surface area (Å²) >= 11 is 1.39. The number of hydrogen-bond donors (Lipinski definition) is 0. The molecule has 0 aliphatic carbocycles. The van der Waals surface area contributed by atoms with Gasteiger partial charge in [-0.3, -0.25) is 4.79 Å². The van der Waals surface area contributed by atoms with Crippen molar-refractivity contribution in [3.05, 3.63) is 65.7 Å². The fraction of sp³-hybridized carbons (Fsp3) is 0.238. The molecule has 0 fully saturated rings. The number of esters is 1. The van der Waals surface area contributed by atoms with Crippen LogP contribution in [0, 0.1) is 13.8 Å². The number of aryl methyl sites for hydroxylation is 2. The van der Waals surface area contributed by atoms with Crippen LogP contribution in [0.5, 0.6) is 5.75 Å². The number of fused-ring (bicyclic) bond motifs is 1. The lowest BCUT2D eigenvalue weighted by atomic mass is 10.1. The first kappa shape index (κ1) is 18.3. The maximum atomic E-state index is 11.9. The number of nitrogens with zero attached hydrogens (tertiary/aromatic N) is 1. The molecule has 134 valence electrons. The topological polar surface area (TPSA) is 48.4 Å². The van der Waals surface area contributed by atoms with Crippen LogP contribution in [-0.2, 0) is 9.53 Å². The fourth-order valence-corrected chi connectivity index (χ4v) is 3.38. The highest BCUT2D eigenvalue weighted by molar-refractivity contribution is 7.99. The molecule has 26 heavy (non-hydrogen) atoms. The molecule has 2 aromatic carbocycles. The quantitative estimate of drug-likeness (QED) is 0.348. The number of pyridine rings is 1. The summed E-state index contributed by atoms with van der Waals surface area (Å²) in [5.74, 6) is 0.731. The molecule has 3 rings (SSSR count). The van der Waals surface area contributed by atoms with E-state index in [0.717, 1.165) is 32.8 Å². The van der Waals surface area contributed by atoms with E-state index in [1.165, 1.54) is 11.8 Å². The summed E-state index contributed by atoms with van der Waals surface area (Å²) in [6.45, 7) is 4.68. The Balaban J connectivity index is 1.48. The summed E-state index contributed by atoms with van der Waals surface area (Å²) in [6, 6.07) is 17.6. The number of ether oxygens (including phenoxy) is 2. The average molecular weight is 367 g/mol. The number of thioether (sulfide) groups is 1. The van der Waals surface area contributed by atoms with Crippen LogP contribution in [0.1, 0.15) is 11.1 Å². The van der Waals surface area contributed by atoms with Crippen LogP contribution >= 0.6 is 11.8 Å². The number of benzene rings is 2. The summed E-state index contributed by atoms with van der Waals surface area (Å²) in [5.41, 5.74) is 3.28. The second-order valence-corrected chi connectivity index (χ2v) is 6.91. The van der Waals surface area contributed by atoms with Crippen LogP contribution in [0.25, 0.3) is 10.9 Å². The second-order valence-electron chi connectivity index (χ2n) is 5.92. The molecule has 1 heterocycles. The molecule has 0 spiro atoms. The third-order valence-electron chi connectivity index (χ3n) is 3.92. The molecule has 0 aliphatic heterocycles. The maximum absolute atomic E-state index is 11.9. The molecule has 3 aromatic rings. The minimum Gasteiger partial charge on any atom is -0.490 e. The largest absolute Gasteiger partial charge is 0.490 e. The van der Waals surface area contributed by atoms with Gasteiger partial charge in [-0.05, 0) is 43.2 Å². The van der Waals surface area contributed by atoms with Gasteiger partial charge in [-0.1, -0.05) is 48.2 Å².